The lowest BCUT2D eigenvalue weighted by Crippen LogP contribution is -2.12. The number of carbonyl (C=O) groups excluding carboxylic acids is 1. The van der Waals surface area contributed by atoms with Crippen molar-refractivity contribution in [2.75, 3.05) is 13.2 Å². The lowest BCUT2D eigenvalue weighted by molar-refractivity contribution is -0.140. The number of carbonyl (C=O) groups is 3. The van der Waals surface area contributed by atoms with Gasteiger partial charge < -0.3 is 19.7 Å². The molecular weight excluding hydrogens is 324 g/mol. The average molecular weight is 333 g/mol. The van der Waals surface area contributed by atoms with Gasteiger partial charge in [0.15, 0.2) is 19.5 Å². The van der Waals surface area contributed by atoms with E-state index in [0.717, 1.165) is 0 Å². The molecule has 0 amide bonds. The highest BCUT2D eigenvalue weighted by Crippen LogP contribution is 2.32. The van der Waals surface area contributed by atoms with Crippen molar-refractivity contribution in [3.63, 3.8) is 0 Å². The molecule has 1 rings (SSSR count). The topological polar surface area (TPSA) is 110 Å². The summed E-state index contributed by atoms with van der Waals surface area (Å²) in [5, 5.41) is 17.0. The van der Waals surface area contributed by atoms with Crippen molar-refractivity contribution in [2.45, 2.75) is 0 Å². The second kappa shape index (κ2) is 6.74. The smallest absolute Gasteiger partial charge is 0.341 e. The molecule has 8 heteroatoms. The molecule has 0 aromatic heterocycles. The van der Waals surface area contributed by atoms with Gasteiger partial charge in [0.1, 0.15) is 11.5 Å². The summed E-state index contributed by atoms with van der Waals surface area (Å²) in [5.74, 6) is -2.14. The first-order chi connectivity index (χ1) is 8.93. The number of hydrogen-bond acceptors (Lipinski definition) is 5. The Bertz CT molecular complexity index is 512. The Balaban J connectivity index is 2.96. The summed E-state index contributed by atoms with van der Waals surface area (Å²) in [6.45, 7) is -1.16. The molecule has 0 aliphatic carbocycles. The van der Waals surface area contributed by atoms with Crippen LogP contribution in [0.5, 0.6) is 11.5 Å². The number of ether oxygens (including phenoxy) is 2. The first-order valence-electron chi connectivity index (χ1n) is 4.92. The minimum absolute atomic E-state index is 0.0600. The Hall–Kier alpha value is -2.09. The van der Waals surface area contributed by atoms with E-state index in [2.05, 4.69) is 15.9 Å². The van der Waals surface area contributed by atoms with Gasteiger partial charge in [0.25, 0.3) is 0 Å². The number of rotatable bonds is 7. The highest BCUT2D eigenvalue weighted by Gasteiger charge is 2.12. The van der Waals surface area contributed by atoms with E-state index >= 15 is 0 Å². The predicted octanol–water partition coefficient (Wildman–Crippen LogP) is 1.19. The Labute approximate surface area is 115 Å². The minimum atomic E-state index is -1.18. The number of carboxylic acids is 2. The summed E-state index contributed by atoms with van der Waals surface area (Å²) >= 11 is 3.11. The summed E-state index contributed by atoms with van der Waals surface area (Å²) in [7, 11) is 0. The molecule has 0 unspecified atom stereocenters. The molecule has 2 N–H and O–H groups in total. The minimum Gasteiger partial charge on any atom is -0.481 e. The van der Waals surface area contributed by atoms with E-state index in [9.17, 15) is 14.4 Å². The third-order valence-electron chi connectivity index (χ3n) is 1.89. The molecule has 0 aliphatic rings. The van der Waals surface area contributed by atoms with Crippen LogP contribution >= 0.6 is 15.9 Å². The zero-order chi connectivity index (χ0) is 14.4. The Morgan fingerprint density at radius 3 is 2.11 bits per heavy atom. The number of aldehydes is 1. The first-order valence-corrected chi connectivity index (χ1v) is 5.71. The van der Waals surface area contributed by atoms with E-state index in [0.29, 0.717) is 10.8 Å². The molecule has 19 heavy (non-hydrogen) atoms. The molecule has 0 spiro atoms. The summed E-state index contributed by atoms with van der Waals surface area (Å²) in [6, 6.07) is 2.60. The quantitative estimate of drug-likeness (QED) is 0.721. The van der Waals surface area contributed by atoms with Crippen LogP contribution in [-0.2, 0) is 9.59 Å². The zero-order valence-electron chi connectivity index (χ0n) is 9.46. The predicted molar refractivity (Wildman–Crippen MR) is 65.8 cm³/mol. The molecule has 0 bridgehead atoms. The molecule has 1 aromatic carbocycles. The highest BCUT2D eigenvalue weighted by atomic mass is 79.9. The van der Waals surface area contributed by atoms with Crippen LogP contribution in [0, 0.1) is 0 Å². The van der Waals surface area contributed by atoms with Crippen LogP contribution in [0.1, 0.15) is 10.4 Å². The van der Waals surface area contributed by atoms with Crippen LogP contribution in [0.3, 0.4) is 0 Å². The average Bonchev–Trinajstić information content (AvgIpc) is 2.34. The van der Waals surface area contributed by atoms with Gasteiger partial charge in [0.2, 0.25) is 0 Å². The maximum absolute atomic E-state index is 10.9. The van der Waals surface area contributed by atoms with Gasteiger partial charge in [-0.05, 0) is 28.1 Å². The van der Waals surface area contributed by atoms with Gasteiger partial charge in [-0.3, -0.25) is 4.79 Å². The SMILES string of the molecule is O=Cc1cc(OCC(=O)O)c(Br)cc1OCC(=O)O. The molecule has 7 nitrogen and oxygen atoms in total. The van der Waals surface area contributed by atoms with E-state index in [-0.39, 0.29) is 17.1 Å². The van der Waals surface area contributed by atoms with Gasteiger partial charge >= 0.3 is 11.9 Å². The molecule has 0 radical (unpaired) electrons. The fourth-order valence-electron chi connectivity index (χ4n) is 1.16. The van der Waals surface area contributed by atoms with Gasteiger partial charge in [-0.15, -0.1) is 0 Å². The van der Waals surface area contributed by atoms with Crippen LogP contribution in [0.4, 0.5) is 0 Å². The molecule has 102 valence electrons. The molecule has 0 aliphatic heterocycles. The van der Waals surface area contributed by atoms with E-state index in [1.54, 1.807) is 0 Å². The van der Waals surface area contributed by atoms with Crippen molar-refractivity contribution in [3.05, 3.63) is 22.2 Å². The van der Waals surface area contributed by atoms with Gasteiger partial charge in [-0.25, -0.2) is 9.59 Å². The maximum Gasteiger partial charge on any atom is 0.341 e. The van der Waals surface area contributed by atoms with Crippen molar-refractivity contribution in [2.24, 2.45) is 0 Å². The second-order valence-electron chi connectivity index (χ2n) is 3.30. The van der Waals surface area contributed by atoms with Crippen molar-refractivity contribution >= 4 is 34.2 Å². The summed E-state index contributed by atoms with van der Waals surface area (Å²) < 4.78 is 10.2. The Kier molecular flexibility index (Phi) is 5.31. The molecule has 0 saturated heterocycles. The van der Waals surface area contributed by atoms with E-state index < -0.39 is 25.2 Å². The van der Waals surface area contributed by atoms with E-state index in [4.69, 9.17) is 19.7 Å². The number of halogens is 1. The monoisotopic (exact) mass is 332 g/mol. The first kappa shape index (κ1) is 15.0. The van der Waals surface area contributed by atoms with Crippen LogP contribution < -0.4 is 9.47 Å². The highest BCUT2D eigenvalue weighted by molar-refractivity contribution is 9.10. The third-order valence-corrected chi connectivity index (χ3v) is 2.51. The molecule has 0 heterocycles. The Morgan fingerprint density at radius 2 is 1.63 bits per heavy atom. The molecule has 0 fully saturated rings. The molecule has 1 aromatic rings. The number of carboxylic acid groups (broad SMARTS) is 2. The van der Waals surface area contributed by atoms with Gasteiger partial charge in [0, 0.05) is 0 Å². The van der Waals surface area contributed by atoms with Crippen LogP contribution in [0.15, 0.2) is 16.6 Å². The number of aliphatic carboxylic acids is 2. The van der Waals surface area contributed by atoms with Crippen molar-refractivity contribution in [1.82, 2.24) is 0 Å². The van der Waals surface area contributed by atoms with Crippen LogP contribution in [0.2, 0.25) is 0 Å². The van der Waals surface area contributed by atoms with Crippen molar-refractivity contribution in [3.8, 4) is 11.5 Å². The van der Waals surface area contributed by atoms with E-state index in [1.165, 1.54) is 12.1 Å². The maximum atomic E-state index is 10.9. The largest absolute Gasteiger partial charge is 0.481 e. The molecule has 0 saturated carbocycles. The van der Waals surface area contributed by atoms with Crippen molar-refractivity contribution < 1.29 is 34.1 Å². The summed E-state index contributed by atoms with van der Waals surface area (Å²) in [6.07, 6.45) is 0.456. The summed E-state index contributed by atoms with van der Waals surface area (Å²) in [4.78, 5) is 31.6. The molecule has 0 atom stereocenters. The second-order valence-corrected chi connectivity index (χ2v) is 4.16. The molecular formula is C11H9BrO7. The number of benzene rings is 1. The van der Waals surface area contributed by atoms with Gasteiger partial charge in [-0.1, -0.05) is 0 Å². The fourth-order valence-corrected chi connectivity index (χ4v) is 1.59. The lowest BCUT2D eigenvalue weighted by atomic mass is 10.2. The zero-order valence-corrected chi connectivity index (χ0v) is 11.0. The summed E-state index contributed by atoms with van der Waals surface area (Å²) in [5.41, 5.74) is 0.0600. The third kappa shape index (κ3) is 4.59. The standard InChI is InChI=1S/C11H9BrO7/c12-7-2-8(18-4-10(14)15)6(3-13)1-9(7)19-5-11(16)17/h1-3H,4-5H2,(H,14,15)(H,16,17). The van der Waals surface area contributed by atoms with E-state index in [1.807, 2.05) is 0 Å². The van der Waals surface area contributed by atoms with Crippen LogP contribution in [-0.4, -0.2) is 41.7 Å². The number of hydrogen-bond donors (Lipinski definition) is 2. The van der Waals surface area contributed by atoms with Crippen LogP contribution in [0.25, 0.3) is 0 Å². The van der Waals surface area contributed by atoms with Crippen molar-refractivity contribution in [1.29, 1.82) is 0 Å². The lowest BCUT2D eigenvalue weighted by Gasteiger charge is -2.11. The Morgan fingerprint density at radius 1 is 1.11 bits per heavy atom. The van der Waals surface area contributed by atoms with Gasteiger partial charge in [0.05, 0.1) is 10.0 Å². The normalized spacial score (nSPS) is 9.74. The van der Waals surface area contributed by atoms with Gasteiger partial charge in [-0.2, -0.15) is 0 Å². The fraction of sp³-hybridized carbons (Fsp3) is 0.182.